The fraction of sp³-hybridized carbons (Fsp3) is 0.263. The van der Waals surface area contributed by atoms with Gasteiger partial charge < -0.3 is 16.0 Å². The number of amidine groups is 1. The van der Waals surface area contributed by atoms with Crippen LogP contribution in [0, 0.1) is 0 Å². The first kappa shape index (κ1) is 22.5. The highest BCUT2D eigenvalue weighted by atomic mass is 32.2. The first-order chi connectivity index (χ1) is 16.2. The Kier molecular flexibility index (Phi) is 5.44. The molecule has 3 heterocycles. The average Bonchev–Trinajstić information content (AvgIpc) is 3.47. The second-order valence-corrected chi connectivity index (χ2v) is 11.1. The fourth-order valence-electron chi connectivity index (χ4n) is 4.15. The number of hydrogen-bond donors (Lipinski definition) is 4. The number of nitrogens with zero attached hydrogens (tertiary/aromatic N) is 5. The molecule has 34 heavy (non-hydrogen) atoms. The highest BCUT2D eigenvalue weighted by molar-refractivity contribution is 7.92. The van der Waals surface area contributed by atoms with Crippen molar-refractivity contribution in [2.24, 2.45) is 20.4 Å². The molecule has 0 atom stereocenters. The standard InChI is InChI=1S/C19H21N9O4S2/c20-19-25-13-3-1-2-12(16(13)26-19)11-4-5-14(34(31,32)28-8-6-22-7-9-28)17(33(21,29)30)15(11)18-23-10-24-27-18/h1-5,22H,6-10H2,(H3,20,25,26)(H2,21,29,30). The van der Waals surface area contributed by atoms with E-state index < -0.39 is 29.8 Å². The van der Waals surface area contributed by atoms with Crippen LogP contribution >= 0.6 is 0 Å². The molecule has 0 spiro atoms. The van der Waals surface area contributed by atoms with E-state index in [1.807, 2.05) is 0 Å². The molecule has 0 saturated carbocycles. The van der Waals surface area contributed by atoms with Gasteiger partial charge in [-0.25, -0.2) is 32.0 Å². The van der Waals surface area contributed by atoms with Crippen LogP contribution in [0.5, 0.6) is 0 Å². The van der Waals surface area contributed by atoms with E-state index in [0.717, 1.165) is 0 Å². The summed E-state index contributed by atoms with van der Waals surface area (Å²) in [6.07, 6.45) is 0. The molecule has 13 nitrogen and oxygen atoms in total. The molecule has 3 aromatic rings. The van der Waals surface area contributed by atoms with Gasteiger partial charge in [-0.15, -0.1) is 5.11 Å². The minimum Gasteiger partial charge on any atom is -0.369 e. The first-order valence-electron chi connectivity index (χ1n) is 10.3. The van der Waals surface area contributed by atoms with Gasteiger partial charge in [0, 0.05) is 31.7 Å². The molecular weight excluding hydrogens is 482 g/mol. The number of hydrogen-bond acceptors (Lipinski definition) is 10. The number of imidazole rings is 1. The second kappa shape index (κ2) is 8.21. The van der Waals surface area contributed by atoms with Crippen molar-refractivity contribution in [1.29, 1.82) is 0 Å². The monoisotopic (exact) mass is 503 g/mol. The SMILES string of the molecule is Nc1nc2c(-c3ccc(S(=O)(=O)N4CCNCC4)c(S(N)(=O)=O)c3C3=NCN=N3)cccc2[nH]1. The van der Waals surface area contributed by atoms with Crippen molar-refractivity contribution in [3.05, 3.63) is 35.9 Å². The third kappa shape index (κ3) is 3.76. The Balaban J connectivity index is 1.86. The number of fused-ring (bicyclic) bond motifs is 1. The zero-order chi connectivity index (χ0) is 24.1. The lowest BCUT2D eigenvalue weighted by atomic mass is 9.97. The summed E-state index contributed by atoms with van der Waals surface area (Å²) < 4.78 is 54.1. The van der Waals surface area contributed by atoms with Crippen molar-refractivity contribution in [3.8, 4) is 11.1 Å². The van der Waals surface area contributed by atoms with Gasteiger partial charge in [0.1, 0.15) is 9.79 Å². The summed E-state index contributed by atoms with van der Waals surface area (Å²) in [7, 11) is -8.76. The summed E-state index contributed by atoms with van der Waals surface area (Å²) in [5.74, 6) is 0.142. The molecule has 6 N–H and O–H groups in total. The molecule has 5 rings (SSSR count). The molecule has 2 aromatic carbocycles. The third-order valence-electron chi connectivity index (χ3n) is 5.59. The van der Waals surface area contributed by atoms with Crippen LogP contribution in [-0.4, -0.2) is 69.8 Å². The maximum Gasteiger partial charge on any atom is 0.244 e. The summed E-state index contributed by atoms with van der Waals surface area (Å²) in [5.41, 5.74) is 7.70. The predicted octanol–water partition coefficient (Wildman–Crippen LogP) is 0.223. The van der Waals surface area contributed by atoms with E-state index in [0.29, 0.717) is 35.2 Å². The molecule has 1 fully saturated rings. The van der Waals surface area contributed by atoms with Gasteiger partial charge >= 0.3 is 0 Å². The lowest BCUT2D eigenvalue weighted by Crippen LogP contribution is -2.46. The molecule has 0 radical (unpaired) electrons. The van der Waals surface area contributed by atoms with E-state index >= 15 is 0 Å². The topological polar surface area (TPSA) is 201 Å². The molecule has 2 aliphatic heterocycles. The Morgan fingerprint density at radius 3 is 2.44 bits per heavy atom. The normalized spacial score (nSPS) is 17.4. The van der Waals surface area contributed by atoms with Gasteiger partial charge in [0.2, 0.25) is 20.0 Å². The number of nitrogens with two attached hydrogens (primary N) is 2. The van der Waals surface area contributed by atoms with E-state index in [4.69, 9.17) is 10.9 Å². The highest BCUT2D eigenvalue weighted by Gasteiger charge is 2.36. The fourth-order valence-corrected chi connectivity index (χ4v) is 7.16. The van der Waals surface area contributed by atoms with Crippen LogP contribution in [0.1, 0.15) is 5.56 Å². The number of primary sulfonamides is 1. The molecule has 0 bridgehead atoms. The smallest absolute Gasteiger partial charge is 0.244 e. The average molecular weight is 504 g/mol. The molecule has 0 amide bonds. The van der Waals surface area contributed by atoms with Crippen molar-refractivity contribution >= 4 is 42.9 Å². The Labute approximate surface area is 195 Å². The minimum absolute atomic E-state index is 0.0207. The van der Waals surface area contributed by atoms with Crippen molar-refractivity contribution in [3.63, 3.8) is 0 Å². The van der Waals surface area contributed by atoms with Crippen LogP contribution in [0.2, 0.25) is 0 Å². The summed E-state index contributed by atoms with van der Waals surface area (Å²) in [6.45, 7) is 1.25. The van der Waals surface area contributed by atoms with Crippen LogP contribution in [-0.2, 0) is 20.0 Å². The van der Waals surface area contributed by atoms with Crippen LogP contribution in [0.25, 0.3) is 22.2 Å². The van der Waals surface area contributed by atoms with Crippen molar-refractivity contribution in [2.45, 2.75) is 9.79 Å². The number of para-hydroxylation sites is 1. The molecular formula is C19H21N9O4S2. The number of benzene rings is 2. The van der Waals surface area contributed by atoms with Gasteiger partial charge in [0.25, 0.3) is 0 Å². The molecule has 178 valence electrons. The molecule has 1 saturated heterocycles. The lowest BCUT2D eigenvalue weighted by Gasteiger charge is -2.28. The summed E-state index contributed by atoms with van der Waals surface area (Å²) in [5, 5.41) is 16.5. The van der Waals surface area contributed by atoms with E-state index in [-0.39, 0.29) is 37.1 Å². The Hall–Kier alpha value is -3.24. The molecule has 1 aromatic heterocycles. The summed E-state index contributed by atoms with van der Waals surface area (Å²) in [6, 6.07) is 7.97. The van der Waals surface area contributed by atoms with E-state index in [9.17, 15) is 16.8 Å². The maximum atomic E-state index is 13.5. The maximum absolute atomic E-state index is 13.5. The van der Waals surface area contributed by atoms with Crippen LogP contribution in [0.15, 0.2) is 55.3 Å². The van der Waals surface area contributed by atoms with E-state index in [2.05, 4.69) is 30.5 Å². The Morgan fingerprint density at radius 1 is 1.00 bits per heavy atom. The number of nitrogens with one attached hydrogen (secondary N) is 2. The van der Waals surface area contributed by atoms with Crippen LogP contribution in [0.4, 0.5) is 5.95 Å². The van der Waals surface area contributed by atoms with Crippen LogP contribution < -0.4 is 16.2 Å². The molecule has 2 aliphatic rings. The molecule has 0 aliphatic carbocycles. The zero-order valence-corrected chi connectivity index (χ0v) is 19.4. The van der Waals surface area contributed by atoms with Crippen molar-refractivity contribution in [2.75, 3.05) is 38.6 Å². The second-order valence-electron chi connectivity index (χ2n) is 7.70. The number of rotatable bonds is 5. The van der Waals surface area contributed by atoms with Gasteiger partial charge in [-0.3, -0.25) is 0 Å². The quantitative estimate of drug-likeness (QED) is 0.381. The van der Waals surface area contributed by atoms with Gasteiger partial charge in [0.15, 0.2) is 18.5 Å². The number of piperazine rings is 1. The van der Waals surface area contributed by atoms with Crippen LogP contribution in [0.3, 0.4) is 0 Å². The first-order valence-corrected chi connectivity index (χ1v) is 13.2. The van der Waals surface area contributed by atoms with Crippen molar-refractivity contribution in [1.82, 2.24) is 19.6 Å². The number of aliphatic imine (C=N–C) groups is 1. The van der Waals surface area contributed by atoms with E-state index in [1.165, 1.54) is 16.4 Å². The zero-order valence-electron chi connectivity index (χ0n) is 17.8. The van der Waals surface area contributed by atoms with Crippen molar-refractivity contribution < 1.29 is 16.8 Å². The minimum atomic E-state index is -4.56. The van der Waals surface area contributed by atoms with Gasteiger partial charge in [0.05, 0.1) is 16.6 Å². The molecule has 15 heteroatoms. The highest BCUT2D eigenvalue weighted by Crippen LogP contribution is 2.38. The number of nitrogen functional groups attached to an aromatic ring is 1. The number of sulfonamides is 2. The predicted molar refractivity (Wildman–Crippen MR) is 125 cm³/mol. The Morgan fingerprint density at radius 2 is 1.76 bits per heavy atom. The lowest BCUT2D eigenvalue weighted by molar-refractivity contribution is 0.359. The summed E-state index contributed by atoms with van der Waals surface area (Å²) in [4.78, 5) is 10.4. The summed E-state index contributed by atoms with van der Waals surface area (Å²) >= 11 is 0. The number of aromatic amines is 1. The number of azo groups is 1. The van der Waals surface area contributed by atoms with Gasteiger partial charge in [-0.1, -0.05) is 18.2 Å². The number of H-pyrrole nitrogens is 1. The largest absolute Gasteiger partial charge is 0.369 e. The van der Waals surface area contributed by atoms with Gasteiger partial charge in [-0.2, -0.15) is 9.42 Å². The molecule has 0 unspecified atom stereocenters. The third-order valence-corrected chi connectivity index (χ3v) is 8.66. The Bertz CT molecular complexity index is 1570. The number of anilines is 1. The van der Waals surface area contributed by atoms with Gasteiger partial charge in [-0.05, 0) is 17.7 Å². The number of aromatic nitrogens is 2. The van der Waals surface area contributed by atoms with E-state index in [1.54, 1.807) is 18.2 Å².